The topological polar surface area (TPSA) is 73.2 Å². The van der Waals surface area contributed by atoms with Crippen LogP contribution in [0.3, 0.4) is 0 Å². The molecule has 1 aliphatic heterocycles. The van der Waals surface area contributed by atoms with Gasteiger partial charge in [0.15, 0.2) is 0 Å². The Kier molecular flexibility index (Phi) is 3.87. The van der Waals surface area contributed by atoms with Crippen molar-refractivity contribution in [3.63, 3.8) is 0 Å². The summed E-state index contributed by atoms with van der Waals surface area (Å²) in [5.41, 5.74) is -0.583. The maximum Gasteiger partial charge on any atom is 0.269 e. The van der Waals surface area contributed by atoms with E-state index < -0.39 is 5.60 Å². The van der Waals surface area contributed by atoms with E-state index in [9.17, 15) is 14.7 Å². The van der Waals surface area contributed by atoms with Gasteiger partial charge >= 0.3 is 0 Å². The second kappa shape index (κ2) is 4.83. The van der Waals surface area contributed by atoms with Crippen LogP contribution in [-0.4, -0.2) is 58.8 Å². The highest BCUT2D eigenvalue weighted by Crippen LogP contribution is 2.10. The lowest BCUT2D eigenvalue weighted by atomic mass is 10.1. The minimum Gasteiger partial charge on any atom is -0.389 e. The van der Waals surface area contributed by atoms with E-state index in [0.717, 1.165) is 0 Å². The fraction of sp³-hybridized carbons (Fsp3) is 0.727. The van der Waals surface area contributed by atoms with Gasteiger partial charge in [-0.2, -0.15) is 5.10 Å². The first-order valence-electron chi connectivity index (χ1n) is 5.52. The van der Waals surface area contributed by atoms with Crippen molar-refractivity contribution in [2.45, 2.75) is 32.3 Å². The predicted octanol–water partition coefficient (Wildman–Crippen LogP) is -0.176. The number of aliphatic hydroxyl groups is 1. The molecule has 0 saturated carbocycles. The molecule has 6 heteroatoms. The lowest BCUT2D eigenvalue weighted by molar-refractivity contribution is -0.131. The molecule has 1 rings (SSSR count). The lowest BCUT2D eigenvalue weighted by Gasteiger charge is -2.27. The number of likely N-dealkylation sites (N-methyl/N-ethyl adjacent to an activating group) is 1. The molecule has 0 aromatic rings. The number of amides is 2. The Morgan fingerprint density at radius 2 is 2.12 bits per heavy atom. The Balaban J connectivity index is 2.71. The van der Waals surface area contributed by atoms with Gasteiger partial charge in [-0.1, -0.05) is 0 Å². The van der Waals surface area contributed by atoms with Gasteiger partial charge in [-0.25, -0.2) is 5.01 Å². The van der Waals surface area contributed by atoms with Gasteiger partial charge in [-0.05, 0) is 13.8 Å². The van der Waals surface area contributed by atoms with E-state index in [1.807, 2.05) is 0 Å². The van der Waals surface area contributed by atoms with E-state index in [1.54, 1.807) is 20.9 Å². The summed E-state index contributed by atoms with van der Waals surface area (Å²) in [4.78, 5) is 24.6. The molecule has 0 spiro atoms. The molecule has 0 fully saturated rings. The van der Waals surface area contributed by atoms with Gasteiger partial charge in [-0.3, -0.25) is 9.59 Å². The van der Waals surface area contributed by atoms with Gasteiger partial charge < -0.3 is 10.0 Å². The molecule has 17 heavy (non-hydrogen) atoms. The van der Waals surface area contributed by atoms with Crippen LogP contribution in [0.5, 0.6) is 0 Å². The Hall–Kier alpha value is -1.43. The molecule has 0 atom stereocenters. The zero-order chi connectivity index (χ0) is 13.2. The first kappa shape index (κ1) is 13.6. The molecule has 0 aromatic carbocycles. The summed E-state index contributed by atoms with van der Waals surface area (Å²) in [7, 11) is 3.14. The van der Waals surface area contributed by atoms with Crippen LogP contribution >= 0.6 is 0 Å². The number of carbonyl (C=O) groups excluding carboxylic acids is 2. The number of nitrogens with zero attached hydrogens (tertiary/aromatic N) is 3. The summed E-state index contributed by atoms with van der Waals surface area (Å²) in [5, 5.41) is 14.8. The Morgan fingerprint density at radius 1 is 1.53 bits per heavy atom. The smallest absolute Gasteiger partial charge is 0.269 e. The average molecular weight is 241 g/mol. The molecule has 0 radical (unpaired) electrons. The third-order valence-electron chi connectivity index (χ3n) is 2.42. The van der Waals surface area contributed by atoms with Crippen molar-refractivity contribution in [2.75, 3.05) is 20.6 Å². The van der Waals surface area contributed by atoms with Gasteiger partial charge in [-0.15, -0.1) is 0 Å². The molecular weight excluding hydrogens is 222 g/mol. The first-order chi connectivity index (χ1) is 7.70. The number of carbonyl (C=O) groups is 2. The predicted molar refractivity (Wildman–Crippen MR) is 63.4 cm³/mol. The van der Waals surface area contributed by atoms with Crippen molar-refractivity contribution in [2.24, 2.45) is 5.10 Å². The highest BCUT2D eigenvalue weighted by atomic mass is 16.3. The van der Waals surface area contributed by atoms with Crippen LogP contribution in [-0.2, 0) is 9.59 Å². The molecule has 0 saturated heterocycles. The Bertz CT molecular complexity index is 357. The average Bonchev–Trinajstić information content (AvgIpc) is 2.18. The SMILES string of the molecule is CN(CC(C)(C)O)C(=O)C1=NN(C)C(=O)CC1. The van der Waals surface area contributed by atoms with Crippen LogP contribution in [0.2, 0.25) is 0 Å². The first-order valence-corrected chi connectivity index (χ1v) is 5.52. The second-order valence-corrected chi connectivity index (χ2v) is 4.94. The minimum atomic E-state index is -0.943. The zero-order valence-corrected chi connectivity index (χ0v) is 10.7. The number of hydrazone groups is 1. The summed E-state index contributed by atoms with van der Waals surface area (Å²) in [6, 6.07) is 0. The van der Waals surface area contributed by atoms with E-state index in [1.165, 1.54) is 17.0 Å². The fourth-order valence-corrected chi connectivity index (χ4v) is 1.70. The van der Waals surface area contributed by atoms with E-state index in [4.69, 9.17) is 0 Å². The third-order valence-corrected chi connectivity index (χ3v) is 2.42. The molecule has 2 amide bonds. The van der Waals surface area contributed by atoms with Crippen LogP contribution in [0.4, 0.5) is 0 Å². The van der Waals surface area contributed by atoms with Crippen molar-refractivity contribution in [1.29, 1.82) is 0 Å². The van der Waals surface area contributed by atoms with Crippen molar-refractivity contribution < 1.29 is 14.7 Å². The number of rotatable bonds is 3. The summed E-state index contributed by atoms with van der Waals surface area (Å²) >= 11 is 0. The molecule has 1 aliphatic rings. The monoisotopic (exact) mass is 241 g/mol. The lowest BCUT2D eigenvalue weighted by Crippen LogP contribution is -2.44. The van der Waals surface area contributed by atoms with Crippen molar-refractivity contribution in [1.82, 2.24) is 9.91 Å². The third kappa shape index (κ3) is 3.81. The maximum atomic E-state index is 12.0. The van der Waals surface area contributed by atoms with Crippen LogP contribution in [0.15, 0.2) is 5.10 Å². The van der Waals surface area contributed by atoms with Gasteiger partial charge in [0, 0.05) is 33.5 Å². The van der Waals surface area contributed by atoms with Crippen LogP contribution in [0.1, 0.15) is 26.7 Å². The summed E-state index contributed by atoms with van der Waals surface area (Å²) in [5.74, 6) is -0.335. The summed E-state index contributed by atoms with van der Waals surface area (Å²) in [6.07, 6.45) is 0.662. The molecule has 1 N–H and O–H groups in total. The zero-order valence-electron chi connectivity index (χ0n) is 10.7. The molecular formula is C11H19N3O3. The van der Waals surface area contributed by atoms with E-state index in [2.05, 4.69) is 5.10 Å². The molecule has 0 aliphatic carbocycles. The molecule has 1 heterocycles. The summed E-state index contributed by atoms with van der Waals surface area (Å²) < 4.78 is 0. The molecule has 0 bridgehead atoms. The second-order valence-electron chi connectivity index (χ2n) is 4.94. The van der Waals surface area contributed by atoms with Crippen LogP contribution < -0.4 is 0 Å². The van der Waals surface area contributed by atoms with Crippen molar-refractivity contribution >= 4 is 17.5 Å². The fourth-order valence-electron chi connectivity index (χ4n) is 1.70. The van der Waals surface area contributed by atoms with E-state index in [-0.39, 0.29) is 18.4 Å². The minimum absolute atomic E-state index is 0.0910. The molecule has 0 unspecified atom stereocenters. The number of hydrogen-bond donors (Lipinski definition) is 1. The maximum absolute atomic E-state index is 12.0. The highest BCUT2D eigenvalue weighted by Gasteiger charge is 2.26. The highest BCUT2D eigenvalue weighted by molar-refractivity contribution is 6.39. The largest absolute Gasteiger partial charge is 0.389 e. The van der Waals surface area contributed by atoms with Gasteiger partial charge in [0.1, 0.15) is 5.71 Å². The Morgan fingerprint density at radius 3 is 2.59 bits per heavy atom. The van der Waals surface area contributed by atoms with Crippen LogP contribution in [0, 0.1) is 0 Å². The van der Waals surface area contributed by atoms with E-state index in [0.29, 0.717) is 18.6 Å². The van der Waals surface area contributed by atoms with Gasteiger partial charge in [0.25, 0.3) is 5.91 Å². The molecule has 0 aromatic heterocycles. The van der Waals surface area contributed by atoms with Crippen molar-refractivity contribution in [3.05, 3.63) is 0 Å². The van der Waals surface area contributed by atoms with E-state index >= 15 is 0 Å². The number of hydrogen-bond acceptors (Lipinski definition) is 4. The van der Waals surface area contributed by atoms with Gasteiger partial charge in [0.2, 0.25) is 5.91 Å². The normalized spacial score (nSPS) is 16.9. The molecule has 96 valence electrons. The van der Waals surface area contributed by atoms with Crippen LogP contribution in [0.25, 0.3) is 0 Å². The van der Waals surface area contributed by atoms with Gasteiger partial charge in [0.05, 0.1) is 5.60 Å². The van der Waals surface area contributed by atoms with Crippen molar-refractivity contribution in [3.8, 4) is 0 Å². The molecule has 6 nitrogen and oxygen atoms in total. The standard InChI is InChI=1S/C11H19N3O3/c1-11(2,17)7-13(3)10(16)8-5-6-9(15)14(4)12-8/h17H,5-7H2,1-4H3. The summed E-state index contributed by atoms with van der Waals surface area (Å²) in [6.45, 7) is 3.49. The Labute approximate surface area is 101 Å². The quantitative estimate of drug-likeness (QED) is 0.745.